The van der Waals surface area contributed by atoms with Crippen molar-refractivity contribution in [3.05, 3.63) is 53.1 Å². The van der Waals surface area contributed by atoms with E-state index in [-0.39, 0.29) is 0 Å². The number of rotatable bonds is 6. The lowest BCUT2D eigenvalue weighted by Crippen LogP contribution is -2.21. The summed E-state index contributed by atoms with van der Waals surface area (Å²) in [5, 5.41) is 3.43. The van der Waals surface area contributed by atoms with E-state index in [2.05, 4.69) is 60.0 Å². The van der Waals surface area contributed by atoms with Crippen LogP contribution in [0.5, 0.6) is 0 Å². The minimum Gasteiger partial charge on any atom is -0.335 e. The van der Waals surface area contributed by atoms with Crippen molar-refractivity contribution in [3.8, 4) is 0 Å². The van der Waals surface area contributed by atoms with Crippen LogP contribution in [0.15, 0.2) is 30.6 Å². The normalized spacial score (nSPS) is 12.6. The molecular weight excluding hydrogens is 246 g/mol. The number of hydrogen-bond donors (Lipinski definition) is 1. The van der Waals surface area contributed by atoms with Gasteiger partial charge in [-0.15, -0.1) is 0 Å². The number of aromatic nitrogens is 2. The van der Waals surface area contributed by atoms with Crippen molar-refractivity contribution < 1.29 is 0 Å². The fraction of sp³-hybridized carbons (Fsp3) is 0.471. The Labute approximate surface area is 122 Å². The van der Waals surface area contributed by atoms with Crippen LogP contribution in [0.3, 0.4) is 0 Å². The SMILES string of the molecule is CCCn1ccnc1CC(NC)c1ccc(C)cc1C. The Morgan fingerprint density at radius 3 is 2.75 bits per heavy atom. The summed E-state index contributed by atoms with van der Waals surface area (Å²) in [7, 11) is 2.02. The summed E-state index contributed by atoms with van der Waals surface area (Å²) in [6.45, 7) is 7.56. The van der Waals surface area contributed by atoms with Crippen molar-refractivity contribution in [2.24, 2.45) is 0 Å². The van der Waals surface area contributed by atoms with Gasteiger partial charge in [0.05, 0.1) is 0 Å². The number of nitrogens with zero attached hydrogens (tertiary/aromatic N) is 2. The largest absolute Gasteiger partial charge is 0.335 e. The first-order chi connectivity index (χ1) is 9.65. The first kappa shape index (κ1) is 14.8. The predicted octanol–water partition coefficient (Wildman–Crippen LogP) is 3.41. The molecule has 1 unspecified atom stereocenters. The van der Waals surface area contributed by atoms with E-state index in [0.717, 1.165) is 25.2 Å². The zero-order valence-corrected chi connectivity index (χ0v) is 13.0. The molecule has 2 rings (SSSR count). The van der Waals surface area contributed by atoms with Crippen LogP contribution >= 0.6 is 0 Å². The molecule has 0 saturated carbocycles. The molecule has 0 spiro atoms. The van der Waals surface area contributed by atoms with Gasteiger partial charge >= 0.3 is 0 Å². The summed E-state index contributed by atoms with van der Waals surface area (Å²) in [4.78, 5) is 4.52. The highest BCUT2D eigenvalue weighted by Crippen LogP contribution is 2.22. The molecule has 0 aliphatic carbocycles. The standard InChI is InChI=1S/C17H25N3/c1-5-9-20-10-8-19-17(20)12-16(18-4)15-7-6-13(2)11-14(15)3/h6-8,10-11,16,18H,5,9,12H2,1-4H3. The van der Waals surface area contributed by atoms with Crippen LogP contribution < -0.4 is 5.32 Å². The Hall–Kier alpha value is -1.61. The predicted molar refractivity (Wildman–Crippen MR) is 83.9 cm³/mol. The second kappa shape index (κ2) is 6.71. The second-order valence-electron chi connectivity index (χ2n) is 5.44. The maximum Gasteiger partial charge on any atom is 0.110 e. The molecular formula is C17H25N3. The third-order valence-corrected chi connectivity index (χ3v) is 3.80. The van der Waals surface area contributed by atoms with E-state index in [4.69, 9.17) is 0 Å². The van der Waals surface area contributed by atoms with Crippen molar-refractivity contribution in [2.75, 3.05) is 7.05 Å². The van der Waals surface area contributed by atoms with E-state index in [0.29, 0.717) is 6.04 Å². The summed E-state index contributed by atoms with van der Waals surface area (Å²) in [5.41, 5.74) is 4.02. The lowest BCUT2D eigenvalue weighted by molar-refractivity contribution is 0.541. The number of imidazole rings is 1. The first-order valence-electron chi connectivity index (χ1n) is 7.40. The van der Waals surface area contributed by atoms with Gasteiger partial charge in [0.1, 0.15) is 5.82 Å². The van der Waals surface area contributed by atoms with Gasteiger partial charge in [-0.1, -0.05) is 30.7 Å². The van der Waals surface area contributed by atoms with E-state index >= 15 is 0 Å². The molecule has 0 amide bonds. The molecule has 0 aliphatic heterocycles. The molecule has 1 aromatic heterocycles. The molecule has 3 heteroatoms. The van der Waals surface area contributed by atoms with E-state index in [1.165, 1.54) is 16.7 Å². The lowest BCUT2D eigenvalue weighted by atomic mass is 9.97. The van der Waals surface area contributed by atoms with Crippen molar-refractivity contribution in [2.45, 2.75) is 46.2 Å². The summed E-state index contributed by atoms with van der Waals surface area (Å²) < 4.78 is 2.26. The van der Waals surface area contributed by atoms with Crippen molar-refractivity contribution in [3.63, 3.8) is 0 Å². The molecule has 3 nitrogen and oxygen atoms in total. The van der Waals surface area contributed by atoms with E-state index < -0.39 is 0 Å². The molecule has 20 heavy (non-hydrogen) atoms. The topological polar surface area (TPSA) is 29.9 Å². The van der Waals surface area contributed by atoms with Gasteiger partial charge < -0.3 is 9.88 Å². The van der Waals surface area contributed by atoms with Gasteiger partial charge in [-0.3, -0.25) is 0 Å². The third-order valence-electron chi connectivity index (χ3n) is 3.80. The third kappa shape index (κ3) is 3.28. The Bertz CT molecular complexity index is 557. The Morgan fingerprint density at radius 1 is 1.30 bits per heavy atom. The smallest absolute Gasteiger partial charge is 0.110 e. The maximum atomic E-state index is 4.52. The zero-order chi connectivity index (χ0) is 14.5. The summed E-state index contributed by atoms with van der Waals surface area (Å²) >= 11 is 0. The zero-order valence-electron chi connectivity index (χ0n) is 13.0. The Balaban J connectivity index is 2.22. The number of benzene rings is 1. The van der Waals surface area contributed by atoms with Crippen LogP contribution in [0.25, 0.3) is 0 Å². The van der Waals surface area contributed by atoms with Crippen LogP contribution in [0, 0.1) is 13.8 Å². The lowest BCUT2D eigenvalue weighted by Gasteiger charge is -2.19. The van der Waals surface area contributed by atoms with Gasteiger partial charge in [-0.25, -0.2) is 4.98 Å². The van der Waals surface area contributed by atoms with Gasteiger partial charge in [-0.2, -0.15) is 0 Å². The number of likely N-dealkylation sites (N-methyl/N-ethyl adjacent to an activating group) is 1. The molecule has 0 bridgehead atoms. The second-order valence-corrected chi connectivity index (χ2v) is 5.44. The monoisotopic (exact) mass is 271 g/mol. The highest BCUT2D eigenvalue weighted by atomic mass is 15.1. The minimum atomic E-state index is 0.314. The minimum absolute atomic E-state index is 0.314. The molecule has 0 fully saturated rings. The molecule has 1 aromatic carbocycles. The molecule has 1 atom stereocenters. The molecule has 0 radical (unpaired) electrons. The van der Waals surface area contributed by atoms with Crippen molar-refractivity contribution >= 4 is 0 Å². The van der Waals surface area contributed by atoms with Crippen molar-refractivity contribution in [1.82, 2.24) is 14.9 Å². The first-order valence-corrected chi connectivity index (χ1v) is 7.40. The van der Waals surface area contributed by atoms with Crippen LogP contribution in [-0.4, -0.2) is 16.6 Å². The summed E-state index contributed by atoms with van der Waals surface area (Å²) in [6.07, 6.45) is 6.04. The van der Waals surface area contributed by atoms with E-state index in [1.54, 1.807) is 0 Å². The summed E-state index contributed by atoms with van der Waals surface area (Å²) in [6, 6.07) is 6.98. The molecule has 1 N–H and O–H groups in total. The molecule has 1 heterocycles. The van der Waals surface area contributed by atoms with Gasteiger partial charge in [0.2, 0.25) is 0 Å². The number of hydrogen-bond acceptors (Lipinski definition) is 2. The average molecular weight is 271 g/mol. The average Bonchev–Trinajstić information content (AvgIpc) is 2.84. The Kier molecular flexibility index (Phi) is 4.96. The van der Waals surface area contributed by atoms with Gasteiger partial charge in [0.15, 0.2) is 0 Å². The van der Waals surface area contributed by atoms with Crippen LogP contribution in [-0.2, 0) is 13.0 Å². The maximum absolute atomic E-state index is 4.52. The molecule has 0 aliphatic rings. The van der Waals surface area contributed by atoms with Crippen LogP contribution in [0.1, 0.15) is 41.9 Å². The van der Waals surface area contributed by atoms with Crippen LogP contribution in [0.4, 0.5) is 0 Å². The molecule has 108 valence electrons. The number of aryl methyl sites for hydroxylation is 3. The van der Waals surface area contributed by atoms with Gasteiger partial charge in [-0.05, 0) is 38.4 Å². The van der Waals surface area contributed by atoms with Gasteiger partial charge in [0, 0.05) is 31.4 Å². The summed E-state index contributed by atoms with van der Waals surface area (Å²) in [5.74, 6) is 1.16. The van der Waals surface area contributed by atoms with Gasteiger partial charge in [0.25, 0.3) is 0 Å². The highest BCUT2D eigenvalue weighted by Gasteiger charge is 2.15. The fourth-order valence-corrected chi connectivity index (χ4v) is 2.74. The van der Waals surface area contributed by atoms with E-state index in [9.17, 15) is 0 Å². The van der Waals surface area contributed by atoms with Crippen molar-refractivity contribution in [1.29, 1.82) is 0 Å². The highest BCUT2D eigenvalue weighted by molar-refractivity contribution is 5.33. The Morgan fingerprint density at radius 2 is 2.10 bits per heavy atom. The molecule has 0 saturated heterocycles. The quantitative estimate of drug-likeness (QED) is 0.872. The number of nitrogens with one attached hydrogen (secondary N) is 1. The van der Waals surface area contributed by atoms with Crippen LogP contribution in [0.2, 0.25) is 0 Å². The van der Waals surface area contributed by atoms with E-state index in [1.807, 2.05) is 13.2 Å². The fourth-order valence-electron chi connectivity index (χ4n) is 2.74. The molecule has 2 aromatic rings.